The number of anilines is 1. The molecule has 2 atom stereocenters. The van der Waals surface area contributed by atoms with Crippen LogP contribution in [0.3, 0.4) is 0 Å². The molecule has 0 radical (unpaired) electrons. The van der Waals surface area contributed by atoms with Gasteiger partial charge in [0.05, 0.1) is 5.69 Å². The number of hydrogen-bond donors (Lipinski definition) is 1. The Morgan fingerprint density at radius 2 is 1.85 bits per heavy atom. The number of para-hydroxylation sites is 1. The molecule has 0 aliphatic carbocycles. The van der Waals surface area contributed by atoms with Crippen LogP contribution in [0.2, 0.25) is 0 Å². The third kappa shape index (κ3) is 4.12. The van der Waals surface area contributed by atoms with Crippen LogP contribution in [0.1, 0.15) is 23.6 Å². The monoisotopic (exact) mass is 391 g/mol. The molecule has 2 aromatic carbocycles. The second kappa shape index (κ2) is 8.50. The van der Waals surface area contributed by atoms with Gasteiger partial charge < -0.3 is 15.5 Å². The van der Waals surface area contributed by atoms with Gasteiger partial charge in [-0.3, -0.25) is 9.59 Å². The summed E-state index contributed by atoms with van der Waals surface area (Å²) < 4.78 is 14.0. The van der Waals surface area contributed by atoms with Crippen LogP contribution < -0.4 is 10.6 Å². The predicted molar refractivity (Wildman–Crippen MR) is 105 cm³/mol. The van der Waals surface area contributed by atoms with Crippen LogP contribution in [0.15, 0.2) is 48.5 Å². The lowest BCUT2D eigenvalue weighted by Gasteiger charge is -2.27. The summed E-state index contributed by atoms with van der Waals surface area (Å²) >= 11 is 0. The molecule has 27 heavy (non-hydrogen) atoms. The van der Waals surface area contributed by atoms with Gasteiger partial charge in [-0.05, 0) is 31.0 Å². The Labute approximate surface area is 164 Å². The number of hydrogen-bond acceptors (Lipinski definition) is 3. The Bertz CT molecular complexity index is 828. The number of carbonyl (C=O) groups excluding carboxylic acids is 2. The number of benzene rings is 2. The summed E-state index contributed by atoms with van der Waals surface area (Å²) in [6.45, 7) is 2.32. The Morgan fingerprint density at radius 1 is 1.22 bits per heavy atom. The van der Waals surface area contributed by atoms with Gasteiger partial charge in [-0.2, -0.15) is 0 Å². The lowest BCUT2D eigenvalue weighted by atomic mass is 10.0. The van der Waals surface area contributed by atoms with E-state index >= 15 is 0 Å². The van der Waals surface area contributed by atoms with Gasteiger partial charge in [-0.15, -0.1) is 12.4 Å². The SMILES string of the molecule is Cc1ccc(C(N)C(=O)N(C)C2CCN(c3ccccc3F)C2=O)cc1.Cl. The first-order valence-corrected chi connectivity index (χ1v) is 8.55. The van der Waals surface area contributed by atoms with Crippen LogP contribution in [-0.2, 0) is 9.59 Å². The fourth-order valence-electron chi connectivity index (χ4n) is 3.22. The minimum absolute atomic E-state index is 0. The van der Waals surface area contributed by atoms with Crippen molar-refractivity contribution >= 4 is 29.9 Å². The fourth-order valence-corrected chi connectivity index (χ4v) is 3.22. The molecule has 1 aliphatic rings. The van der Waals surface area contributed by atoms with Crippen LogP contribution in [0.25, 0.3) is 0 Å². The Kier molecular flexibility index (Phi) is 6.57. The quantitative estimate of drug-likeness (QED) is 0.871. The molecule has 2 amide bonds. The van der Waals surface area contributed by atoms with Gasteiger partial charge in [-0.25, -0.2) is 4.39 Å². The topological polar surface area (TPSA) is 66.6 Å². The molecule has 5 nitrogen and oxygen atoms in total. The zero-order valence-electron chi connectivity index (χ0n) is 15.3. The summed E-state index contributed by atoms with van der Waals surface area (Å²) in [6.07, 6.45) is 0.441. The summed E-state index contributed by atoms with van der Waals surface area (Å²) in [6, 6.07) is 12.1. The maximum atomic E-state index is 14.0. The highest BCUT2D eigenvalue weighted by Gasteiger charge is 2.39. The van der Waals surface area contributed by atoms with Crippen molar-refractivity contribution < 1.29 is 14.0 Å². The van der Waals surface area contributed by atoms with Crippen molar-refractivity contribution in [1.29, 1.82) is 0 Å². The van der Waals surface area contributed by atoms with Crippen molar-refractivity contribution in [2.24, 2.45) is 5.73 Å². The zero-order chi connectivity index (χ0) is 18.8. The molecule has 0 aromatic heterocycles. The van der Waals surface area contributed by atoms with Crippen molar-refractivity contribution in [1.82, 2.24) is 4.90 Å². The molecule has 3 rings (SSSR count). The van der Waals surface area contributed by atoms with E-state index in [0.717, 1.165) is 5.56 Å². The number of nitrogens with two attached hydrogens (primary N) is 1. The third-order valence-electron chi connectivity index (χ3n) is 4.84. The lowest BCUT2D eigenvalue weighted by molar-refractivity contribution is -0.137. The number of likely N-dealkylation sites (N-methyl/N-ethyl adjacent to an activating group) is 1. The molecule has 0 spiro atoms. The van der Waals surface area contributed by atoms with Crippen molar-refractivity contribution in [2.45, 2.75) is 25.4 Å². The first-order chi connectivity index (χ1) is 12.4. The van der Waals surface area contributed by atoms with Gasteiger partial charge in [0.25, 0.3) is 0 Å². The number of rotatable bonds is 4. The molecule has 1 heterocycles. The van der Waals surface area contributed by atoms with Crippen LogP contribution in [-0.4, -0.2) is 36.3 Å². The van der Waals surface area contributed by atoms with E-state index in [0.29, 0.717) is 18.5 Å². The Hall–Kier alpha value is -2.44. The van der Waals surface area contributed by atoms with E-state index in [4.69, 9.17) is 5.73 Å². The highest BCUT2D eigenvalue weighted by Crippen LogP contribution is 2.27. The van der Waals surface area contributed by atoms with E-state index < -0.39 is 17.9 Å². The summed E-state index contributed by atoms with van der Waals surface area (Å²) in [7, 11) is 1.57. The van der Waals surface area contributed by atoms with Gasteiger partial charge in [-0.1, -0.05) is 42.0 Å². The van der Waals surface area contributed by atoms with Crippen LogP contribution in [0.4, 0.5) is 10.1 Å². The maximum Gasteiger partial charge on any atom is 0.249 e. The van der Waals surface area contributed by atoms with E-state index in [1.165, 1.54) is 15.9 Å². The standard InChI is InChI=1S/C20H22FN3O2.ClH/c1-13-7-9-14(10-8-13)18(22)20(26)23(2)17-11-12-24(19(17)25)16-6-4-3-5-15(16)21;/h3-10,17-18H,11-12,22H2,1-2H3;1H. The summed E-state index contributed by atoms with van der Waals surface area (Å²) in [4.78, 5) is 28.2. The first-order valence-electron chi connectivity index (χ1n) is 8.55. The molecular formula is C20H23ClFN3O2. The zero-order valence-corrected chi connectivity index (χ0v) is 16.1. The maximum absolute atomic E-state index is 14.0. The highest BCUT2D eigenvalue weighted by atomic mass is 35.5. The molecule has 1 aliphatic heterocycles. The lowest BCUT2D eigenvalue weighted by Crippen LogP contribution is -2.46. The second-order valence-corrected chi connectivity index (χ2v) is 6.58. The molecule has 0 bridgehead atoms. The van der Waals surface area contributed by atoms with E-state index in [-0.39, 0.29) is 29.9 Å². The van der Waals surface area contributed by atoms with E-state index in [9.17, 15) is 14.0 Å². The summed E-state index contributed by atoms with van der Waals surface area (Å²) in [5.41, 5.74) is 8.11. The largest absolute Gasteiger partial charge is 0.332 e. The van der Waals surface area contributed by atoms with E-state index in [1.54, 1.807) is 25.2 Å². The molecule has 2 N–H and O–H groups in total. The van der Waals surface area contributed by atoms with Gasteiger partial charge in [0, 0.05) is 13.6 Å². The molecule has 144 valence electrons. The number of carbonyl (C=O) groups is 2. The average Bonchev–Trinajstić information content (AvgIpc) is 3.02. The second-order valence-electron chi connectivity index (χ2n) is 6.58. The number of halogens is 2. The van der Waals surface area contributed by atoms with Gasteiger partial charge in [0.15, 0.2) is 0 Å². The molecular weight excluding hydrogens is 369 g/mol. The minimum Gasteiger partial charge on any atom is -0.332 e. The van der Waals surface area contributed by atoms with Crippen molar-refractivity contribution in [2.75, 3.05) is 18.5 Å². The van der Waals surface area contributed by atoms with Crippen molar-refractivity contribution in [3.05, 3.63) is 65.5 Å². The van der Waals surface area contributed by atoms with Crippen molar-refractivity contribution in [3.8, 4) is 0 Å². The van der Waals surface area contributed by atoms with Gasteiger partial charge in [0.1, 0.15) is 17.9 Å². The van der Waals surface area contributed by atoms with Gasteiger partial charge in [0.2, 0.25) is 11.8 Å². The third-order valence-corrected chi connectivity index (χ3v) is 4.84. The van der Waals surface area contributed by atoms with Crippen molar-refractivity contribution in [3.63, 3.8) is 0 Å². The van der Waals surface area contributed by atoms with Crippen LogP contribution in [0, 0.1) is 12.7 Å². The molecule has 2 aromatic rings. The molecule has 1 saturated heterocycles. The molecule has 0 saturated carbocycles. The number of nitrogens with zero attached hydrogens (tertiary/aromatic N) is 2. The Morgan fingerprint density at radius 3 is 2.48 bits per heavy atom. The predicted octanol–water partition coefficient (Wildman–Crippen LogP) is 2.82. The van der Waals surface area contributed by atoms with Crippen LogP contribution in [0.5, 0.6) is 0 Å². The first kappa shape index (κ1) is 20.9. The molecule has 7 heteroatoms. The van der Waals surface area contributed by atoms with Gasteiger partial charge >= 0.3 is 0 Å². The average molecular weight is 392 g/mol. The minimum atomic E-state index is -0.837. The molecule has 2 unspecified atom stereocenters. The number of amides is 2. The van der Waals surface area contributed by atoms with Crippen LogP contribution >= 0.6 is 12.4 Å². The van der Waals surface area contributed by atoms with E-state index in [2.05, 4.69) is 0 Å². The normalized spacial score (nSPS) is 17.4. The number of aryl methyl sites for hydroxylation is 1. The molecule has 1 fully saturated rings. The fraction of sp³-hybridized carbons (Fsp3) is 0.300. The smallest absolute Gasteiger partial charge is 0.249 e. The summed E-state index contributed by atoms with van der Waals surface area (Å²) in [5.74, 6) is -1.07. The highest BCUT2D eigenvalue weighted by molar-refractivity contribution is 6.01. The Balaban J connectivity index is 0.00000261. The summed E-state index contributed by atoms with van der Waals surface area (Å²) in [5, 5.41) is 0. The van der Waals surface area contributed by atoms with E-state index in [1.807, 2.05) is 31.2 Å².